The molecule has 1 fully saturated rings. The third kappa shape index (κ3) is 4.32. The minimum Gasteiger partial charge on any atom is -0.350 e. The number of fused-ring (bicyclic) bond motifs is 1. The molecule has 0 unspecified atom stereocenters. The topological polar surface area (TPSA) is 93.7 Å². The summed E-state index contributed by atoms with van der Waals surface area (Å²) >= 11 is 6.11. The second-order valence-electron chi connectivity index (χ2n) is 6.93. The predicted octanol–water partition coefficient (Wildman–Crippen LogP) is 4.35. The van der Waals surface area contributed by atoms with Gasteiger partial charge in [0.2, 0.25) is 5.95 Å². The number of imidazole rings is 1. The Kier molecular flexibility index (Phi) is 6.59. The van der Waals surface area contributed by atoms with Gasteiger partial charge in [0.25, 0.3) is 0 Å². The van der Waals surface area contributed by atoms with Crippen LogP contribution in [-0.4, -0.2) is 31.6 Å². The van der Waals surface area contributed by atoms with Crippen molar-refractivity contribution in [3.63, 3.8) is 0 Å². The summed E-state index contributed by atoms with van der Waals surface area (Å²) in [5.74, 6) is 1.23. The van der Waals surface area contributed by atoms with Crippen molar-refractivity contribution in [3.8, 4) is 0 Å². The first-order valence-electron chi connectivity index (χ1n) is 9.41. The van der Waals surface area contributed by atoms with Gasteiger partial charge in [0.05, 0.1) is 6.33 Å². The van der Waals surface area contributed by atoms with Crippen LogP contribution in [0, 0.1) is 0 Å². The van der Waals surface area contributed by atoms with Crippen LogP contribution in [-0.2, 0) is 6.54 Å². The molecule has 9 heteroatoms. The molecule has 2 heterocycles. The molecule has 28 heavy (non-hydrogen) atoms. The van der Waals surface area contributed by atoms with Gasteiger partial charge in [0.15, 0.2) is 17.0 Å². The first-order chi connectivity index (χ1) is 13.1. The number of aromatic nitrogens is 4. The molecule has 150 valence electrons. The quantitative estimate of drug-likeness (QED) is 0.566. The molecular formula is C19H25Cl2N7. The largest absolute Gasteiger partial charge is 0.350 e. The number of nitrogens with two attached hydrogens (primary N) is 1. The zero-order chi connectivity index (χ0) is 18.8. The Morgan fingerprint density at radius 3 is 2.82 bits per heavy atom. The minimum atomic E-state index is 0. The molecule has 1 aliphatic carbocycles. The Morgan fingerprint density at radius 2 is 2.07 bits per heavy atom. The molecule has 1 aliphatic rings. The average Bonchev–Trinajstić information content (AvgIpc) is 3.07. The van der Waals surface area contributed by atoms with Crippen molar-refractivity contribution in [2.24, 2.45) is 5.73 Å². The van der Waals surface area contributed by atoms with Crippen LogP contribution in [0.3, 0.4) is 0 Å². The van der Waals surface area contributed by atoms with Gasteiger partial charge in [-0.15, -0.1) is 12.4 Å². The van der Waals surface area contributed by atoms with Crippen LogP contribution >= 0.6 is 24.0 Å². The van der Waals surface area contributed by atoms with Crippen molar-refractivity contribution in [3.05, 3.63) is 35.6 Å². The molecule has 4 rings (SSSR count). The number of nitrogens with one attached hydrogen (secondary N) is 2. The minimum absolute atomic E-state index is 0. The van der Waals surface area contributed by atoms with Crippen molar-refractivity contribution >= 4 is 52.6 Å². The molecule has 0 radical (unpaired) electrons. The van der Waals surface area contributed by atoms with Crippen LogP contribution in [0.5, 0.6) is 0 Å². The van der Waals surface area contributed by atoms with E-state index in [1.807, 2.05) is 28.8 Å². The van der Waals surface area contributed by atoms with Crippen molar-refractivity contribution in [2.75, 3.05) is 10.6 Å². The highest BCUT2D eigenvalue weighted by molar-refractivity contribution is 6.30. The van der Waals surface area contributed by atoms with Gasteiger partial charge in [0.1, 0.15) is 0 Å². The van der Waals surface area contributed by atoms with Gasteiger partial charge in [-0.2, -0.15) is 9.97 Å². The third-order valence-corrected chi connectivity index (χ3v) is 5.26. The Hall–Kier alpha value is -2.09. The van der Waals surface area contributed by atoms with Gasteiger partial charge < -0.3 is 20.9 Å². The fourth-order valence-corrected chi connectivity index (χ4v) is 3.73. The maximum Gasteiger partial charge on any atom is 0.227 e. The summed E-state index contributed by atoms with van der Waals surface area (Å²) in [7, 11) is 0. The first kappa shape index (κ1) is 20.6. The number of hydrogen-bond acceptors (Lipinski definition) is 6. The van der Waals surface area contributed by atoms with Gasteiger partial charge >= 0.3 is 0 Å². The fraction of sp³-hybridized carbons (Fsp3) is 0.421. The van der Waals surface area contributed by atoms with Crippen LogP contribution in [0.4, 0.5) is 17.5 Å². The molecule has 0 bridgehead atoms. The molecule has 1 saturated carbocycles. The lowest BCUT2D eigenvalue weighted by atomic mass is 9.91. The highest BCUT2D eigenvalue weighted by Gasteiger charge is 2.23. The smallest absolute Gasteiger partial charge is 0.227 e. The molecule has 3 aromatic rings. The van der Waals surface area contributed by atoms with Crippen molar-refractivity contribution in [2.45, 2.75) is 51.2 Å². The molecule has 0 amide bonds. The Bertz CT molecular complexity index is 943. The molecule has 0 aliphatic heterocycles. The van der Waals surface area contributed by atoms with Crippen molar-refractivity contribution in [1.29, 1.82) is 0 Å². The molecular weight excluding hydrogens is 397 g/mol. The zero-order valence-electron chi connectivity index (χ0n) is 15.7. The maximum atomic E-state index is 6.29. The number of benzene rings is 1. The monoisotopic (exact) mass is 421 g/mol. The Labute approximate surface area is 175 Å². The molecule has 1 aromatic carbocycles. The summed E-state index contributed by atoms with van der Waals surface area (Å²) in [5, 5.41) is 7.44. The molecule has 4 N–H and O–H groups in total. The molecule has 2 aromatic heterocycles. The van der Waals surface area contributed by atoms with Crippen LogP contribution in [0.15, 0.2) is 30.6 Å². The van der Waals surface area contributed by atoms with E-state index in [-0.39, 0.29) is 24.5 Å². The van der Waals surface area contributed by atoms with Crippen LogP contribution < -0.4 is 16.4 Å². The van der Waals surface area contributed by atoms with Gasteiger partial charge in [0, 0.05) is 29.3 Å². The van der Waals surface area contributed by atoms with E-state index in [9.17, 15) is 0 Å². The molecule has 0 saturated heterocycles. The lowest BCUT2D eigenvalue weighted by Gasteiger charge is -2.29. The maximum absolute atomic E-state index is 6.29. The second kappa shape index (κ2) is 8.94. The van der Waals surface area contributed by atoms with Gasteiger partial charge in [-0.25, -0.2) is 4.98 Å². The molecule has 2 atom stereocenters. The highest BCUT2D eigenvalue weighted by atomic mass is 35.5. The van der Waals surface area contributed by atoms with E-state index in [2.05, 4.69) is 22.5 Å². The summed E-state index contributed by atoms with van der Waals surface area (Å²) in [4.78, 5) is 13.9. The first-order valence-corrected chi connectivity index (χ1v) is 9.79. The number of anilines is 3. The molecule has 7 nitrogen and oxygen atoms in total. The standard InChI is InChI=1S/C19H24ClN7.ClH/c1-2-27-11-22-16-17(23-13-7-5-6-12(20)10-13)25-19(26-18(16)27)24-15-9-4-3-8-14(15)21;/h5-7,10-11,14-15H,2-4,8-9,21H2,1H3,(H2,23,24,25,26);1H/t14-,15+;/m0./s1. The van der Waals surface area contributed by atoms with E-state index in [1.54, 1.807) is 6.33 Å². The summed E-state index contributed by atoms with van der Waals surface area (Å²) in [5.41, 5.74) is 8.67. The van der Waals surface area contributed by atoms with E-state index in [0.29, 0.717) is 16.8 Å². The second-order valence-corrected chi connectivity index (χ2v) is 7.37. The van der Waals surface area contributed by atoms with E-state index in [0.717, 1.165) is 36.2 Å². The number of hydrogen-bond donors (Lipinski definition) is 3. The summed E-state index contributed by atoms with van der Waals surface area (Å²) in [6, 6.07) is 7.85. The predicted molar refractivity (Wildman–Crippen MR) is 117 cm³/mol. The number of halogens is 2. The van der Waals surface area contributed by atoms with Crippen LogP contribution in [0.2, 0.25) is 5.02 Å². The lowest BCUT2D eigenvalue weighted by molar-refractivity contribution is 0.402. The SMILES string of the molecule is CCn1cnc2c(Nc3cccc(Cl)c3)nc(N[C@@H]3CCCC[C@@H]3N)nc21.Cl. The van der Waals surface area contributed by atoms with Crippen molar-refractivity contribution in [1.82, 2.24) is 19.5 Å². The highest BCUT2D eigenvalue weighted by Crippen LogP contribution is 2.27. The van der Waals surface area contributed by atoms with E-state index in [1.165, 1.54) is 12.8 Å². The number of rotatable bonds is 5. The van der Waals surface area contributed by atoms with E-state index >= 15 is 0 Å². The zero-order valence-corrected chi connectivity index (χ0v) is 17.3. The van der Waals surface area contributed by atoms with E-state index < -0.39 is 0 Å². The van der Waals surface area contributed by atoms with Crippen molar-refractivity contribution < 1.29 is 0 Å². The third-order valence-electron chi connectivity index (χ3n) is 5.03. The summed E-state index contributed by atoms with van der Waals surface area (Å²) in [6.45, 7) is 2.85. The van der Waals surface area contributed by atoms with Gasteiger partial charge in [-0.3, -0.25) is 0 Å². The van der Waals surface area contributed by atoms with Crippen LogP contribution in [0.25, 0.3) is 11.2 Å². The Balaban J connectivity index is 0.00000225. The number of aryl methyl sites for hydroxylation is 1. The normalized spacial score (nSPS) is 19.2. The summed E-state index contributed by atoms with van der Waals surface area (Å²) in [6.07, 6.45) is 6.21. The number of nitrogens with zero attached hydrogens (tertiary/aromatic N) is 4. The fourth-order valence-electron chi connectivity index (χ4n) is 3.53. The average molecular weight is 422 g/mol. The van der Waals surface area contributed by atoms with Gasteiger partial charge in [-0.05, 0) is 38.0 Å². The summed E-state index contributed by atoms with van der Waals surface area (Å²) < 4.78 is 2.01. The lowest BCUT2D eigenvalue weighted by Crippen LogP contribution is -2.43. The van der Waals surface area contributed by atoms with Gasteiger partial charge in [-0.1, -0.05) is 30.5 Å². The Morgan fingerprint density at radius 1 is 1.25 bits per heavy atom. The van der Waals surface area contributed by atoms with Crippen LogP contribution in [0.1, 0.15) is 32.6 Å². The molecule has 0 spiro atoms. The van der Waals surface area contributed by atoms with E-state index in [4.69, 9.17) is 27.3 Å².